The first-order valence-corrected chi connectivity index (χ1v) is 9.09. The van der Waals surface area contributed by atoms with Crippen molar-refractivity contribution in [1.82, 2.24) is 10.6 Å². The highest BCUT2D eigenvalue weighted by atomic mass is 16.6. The molecule has 2 aromatic carbocycles. The van der Waals surface area contributed by atoms with Gasteiger partial charge < -0.3 is 16.0 Å². The number of nitro benzene ring substituents is 1. The van der Waals surface area contributed by atoms with Gasteiger partial charge >= 0.3 is 6.03 Å². The van der Waals surface area contributed by atoms with Crippen LogP contribution in [0.15, 0.2) is 47.7 Å². The molecular formula is C21H22N4O4. The average molecular weight is 394 g/mol. The Morgan fingerprint density at radius 2 is 1.76 bits per heavy atom. The molecule has 29 heavy (non-hydrogen) atoms. The minimum Gasteiger partial charge on any atom is -0.327 e. The van der Waals surface area contributed by atoms with E-state index in [2.05, 4.69) is 16.0 Å². The number of aryl methyl sites for hydroxylation is 3. The maximum Gasteiger partial charge on any atom is 0.319 e. The first kappa shape index (κ1) is 20.1. The van der Waals surface area contributed by atoms with Crippen LogP contribution in [0.1, 0.15) is 35.2 Å². The van der Waals surface area contributed by atoms with Crippen molar-refractivity contribution in [3.05, 3.63) is 80.0 Å². The highest BCUT2D eigenvalue weighted by Crippen LogP contribution is 2.32. The number of carbonyl (C=O) groups is 2. The maximum absolute atomic E-state index is 13.1. The van der Waals surface area contributed by atoms with Gasteiger partial charge in [0.15, 0.2) is 0 Å². The zero-order chi connectivity index (χ0) is 21.3. The molecule has 0 aromatic heterocycles. The van der Waals surface area contributed by atoms with Crippen LogP contribution in [0.3, 0.4) is 0 Å². The van der Waals surface area contributed by atoms with Crippen LogP contribution < -0.4 is 16.0 Å². The van der Waals surface area contributed by atoms with E-state index in [4.69, 9.17) is 0 Å². The van der Waals surface area contributed by atoms with E-state index in [1.807, 2.05) is 32.9 Å². The lowest BCUT2D eigenvalue weighted by atomic mass is 9.87. The van der Waals surface area contributed by atoms with Crippen molar-refractivity contribution < 1.29 is 14.5 Å². The van der Waals surface area contributed by atoms with Crippen LogP contribution in [0.2, 0.25) is 0 Å². The summed E-state index contributed by atoms with van der Waals surface area (Å²) >= 11 is 0. The summed E-state index contributed by atoms with van der Waals surface area (Å²) in [6.07, 6.45) is 0. The van der Waals surface area contributed by atoms with Crippen molar-refractivity contribution in [2.75, 3.05) is 5.32 Å². The van der Waals surface area contributed by atoms with E-state index in [0.29, 0.717) is 17.0 Å². The number of amides is 3. The lowest BCUT2D eigenvalue weighted by molar-refractivity contribution is -0.384. The molecule has 0 radical (unpaired) electrons. The number of nitro groups is 1. The van der Waals surface area contributed by atoms with E-state index < -0.39 is 22.9 Å². The van der Waals surface area contributed by atoms with Gasteiger partial charge in [-0.25, -0.2) is 4.79 Å². The summed E-state index contributed by atoms with van der Waals surface area (Å²) in [5, 5.41) is 19.2. The molecule has 1 atom stereocenters. The molecule has 3 rings (SSSR count). The summed E-state index contributed by atoms with van der Waals surface area (Å²) in [6, 6.07) is 8.70. The van der Waals surface area contributed by atoms with Crippen molar-refractivity contribution in [1.29, 1.82) is 0 Å². The standard InChI is InChI=1S/C21H22N4O4/c1-11-8-12(2)17(13(3)9-11)19-18(14(4)22-21(27)24-19)20(26)23-15-6-5-7-16(10-15)25(28)29/h5-10,19H,1-4H3,(H,23,26)(H2,22,24,27). The normalized spacial score (nSPS) is 16.1. The van der Waals surface area contributed by atoms with Gasteiger partial charge in [-0.05, 0) is 50.5 Å². The maximum atomic E-state index is 13.1. The molecule has 8 heteroatoms. The van der Waals surface area contributed by atoms with Crippen molar-refractivity contribution >= 4 is 23.3 Å². The highest BCUT2D eigenvalue weighted by molar-refractivity contribution is 6.07. The van der Waals surface area contributed by atoms with Gasteiger partial charge in [0.1, 0.15) is 0 Å². The molecule has 3 N–H and O–H groups in total. The van der Waals surface area contributed by atoms with E-state index in [1.165, 1.54) is 18.2 Å². The van der Waals surface area contributed by atoms with E-state index in [1.54, 1.807) is 13.0 Å². The molecule has 0 fully saturated rings. The van der Waals surface area contributed by atoms with Crippen molar-refractivity contribution in [2.45, 2.75) is 33.7 Å². The van der Waals surface area contributed by atoms with Gasteiger partial charge in [0.05, 0.1) is 16.5 Å². The second-order valence-electron chi connectivity index (χ2n) is 7.14. The Balaban J connectivity index is 2.02. The topological polar surface area (TPSA) is 113 Å². The number of allylic oxidation sites excluding steroid dienone is 1. The molecule has 1 heterocycles. The number of benzene rings is 2. The molecular weight excluding hydrogens is 372 g/mol. The number of non-ortho nitro benzene ring substituents is 1. The third-order valence-electron chi connectivity index (χ3n) is 4.86. The smallest absolute Gasteiger partial charge is 0.319 e. The van der Waals surface area contributed by atoms with E-state index in [0.717, 1.165) is 22.3 Å². The second kappa shape index (κ2) is 7.75. The van der Waals surface area contributed by atoms with Crippen LogP contribution >= 0.6 is 0 Å². The number of anilines is 1. The Morgan fingerprint density at radius 3 is 2.38 bits per heavy atom. The molecule has 0 saturated carbocycles. The molecule has 1 unspecified atom stereocenters. The third kappa shape index (κ3) is 4.11. The van der Waals surface area contributed by atoms with E-state index in [9.17, 15) is 19.7 Å². The summed E-state index contributed by atoms with van der Waals surface area (Å²) in [5.41, 5.74) is 4.84. The third-order valence-corrected chi connectivity index (χ3v) is 4.86. The number of rotatable bonds is 4. The van der Waals surface area contributed by atoms with Gasteiger partial charge in [-0.1, -0.05) is 23.8 Å². The first-order valence-electron chi connectivity index (χ1n) is 9.09. The Hall–Kier alpha value is -3.68. The molecule has 8 nitrogen and oxygen atoms in total. The van der Waals surface area contributed by atoms with Crippen molar-refractivity contribution in [3.63, 3.8) is 0 Å². The van der Waals surface area contributed by atoms with Crippen molar-refractivity contribution in [3.8, 4) is 0 Å². The number of nitrogens with zero attached hydrogens (tertiary/aromatic N) is 1. The Morgan fingerprint density at radius 1 is 1.10 bits per heavy atom. The minimum absolute atomic E-state index is 0.120. The highest BCUT2D eigenvalue weighted by Gasteiger charge is 2.33. The van der Waals surface area contributed by atoms with Gasteiger partial charge in [-0.15, -0.1) is 0 Å². The summed E-state index contributed by atoms with van der Waals surface area (Å²) in [6.45, 7) is 7.53. The molecule has 0 aliphatic carbocycles. The molecule has 1 aliphatic heterocycles. The summed E-state index contributed by atoms with van der Waals surface area (Å²) < 4.78 is 0. The van der Waals surface area contributed by atoms with E-state index >= 15 is 0 Å². The molecule has 0 spiro atoms. The van der Waals surface area contributed by atoms with Crippen LogP contribution in [-0.2, 0) is 4.79 Å². The average Bonchev–Trinajstić information content (AvgIpc) is 2.60. The van der Waals surface area contributed by atoms with Gasteiger partial charge in [-0.2, -0.15) is 0 Å². The molecule has 3 amide bonds. The molecule has 0 bridgehead atoms. The molecule has 2 aromatic rings. The Bertz CT molecular complexity index is 1040. The van der Waals surface area contributed by atoms with Crippen LogP contribution in [0.25, 0.3) is 0 Å². The predicted molar refractivity (Wildman–Crippen MR) is 109 cm³/mol. The zero-order valence-electron chi connectivity index (χ0n) is 16.6. The quantitative estimate of drug-likeness (QED) is 0.541. The zero-order valence-corrected chi connectivity index (χ0v) is 16.6. The molecule has 0 saturated heterocycles. The fraction of sp³-hybridized carbons (Fsp3) is 0.238. The minimum atomic E-state index is -0.636. The lowest BCUT2D eigenvalue weighted by Gasteiger charge is -2.30. The predicted octanol–water partition coefficient (Wildman–Crippen LogP) is 3.79. The second-order valence-corrected chi connectivity index (χ2v) is 7.14. The molecule has 150 valence electrons. The summed E-state index contributed by atoms with van der Waals surface area (Å²) in [5.74, 6) is -0.445. The fourth-order valence-corrected chi connectivity index (χ4v) is 3.75. The number of urea groups is 1. The van der Waals surface area contributed by atoms with Crippen molar-refractivity contribution in [2.24, 2.45) is 0 Å². The number of nitrogens with one attached hydrogen (secondary N) is 3. The Labute approximate surface area is 168 Å². The van der Waals surface area contributed by atoms with Gasteiger partial charge in [0.2, 0.25) is 0 Å². The van der Waals surface area contributed by atoms with Crippen LogP contribution in [0.5, 0.6) is 0 Å². The number of carbonyl (C=O) groups excluding carboxylic acids is 2. The number of hydrogen-bond donors (Lipinski definition) is 3. The fourth-order valence-electron chi connectivity index (χ4n) is 3.75. The molecule has 1 aliphatic rings. The van der Waals surface area contributed by atoms with Gasteiger partial charge in [0.25, 0.3) is 11.6 Å². The van der Waals surface area contributed by atoms with Crippen LogP contribution in [0.4, 0.5) is 16.2 Å². The number of hydrogen-bond acceptors (Lipinski definition) is 4. The van der Waals surface area contributed by atoms with Crippen LogP contribution in [0, 0.1) is 30.9 Å². The van der Waals surface area contributed by atoms with E-state index in [-0.39, 0.29) is 5.69 Å². The first-order chi connectivity index (χ1) is 13.7. The van der Waals surface area contributed by atoms with Crippen LogP contribution in [-0.4, -0.2) is 16.9 Å². The Kier molecular flexibility index (Phi) is 5.36. The van der Waals surface area contributed by atoms with Gasteiger partial charge in [0, 0.05) is 23.5 Å². The summed E-state index contributed by atoms with van der Waals surface area (Å²) in [4.78, 5) is 35.7. The van der Waals surface area contributed by atoms with Gasteiger partial charge in [-0.3, -0.25) is 14.9 Å². The monoisotopic (exact) mass is 394 g/mol. The lowest BCUT2D eigenvalue weighted by Crippen LogP contribution is -2.46. The SMILES string of the molecule is CC1=C(C(=O)Nc2cccc([N+](=O)[O-])c2)C(c2c(C)cc(C)cc2C)NC(=O)N1. The largest absolute Gasteiger partial charge is 0.327 e. The summed E-state index contributed by atoms with van der Waals surface area (Å²) in [7, 11) is 0.